The van der Waals surface area contributed by atoms with Crippen molar-refractivity contribution in [3.8, 4) is 0 Å². The maximum absolute atomic E-state index is 13.3. The second-order valence-corrected chi connectivity index (χ2v) is 7.09. The van der Waals surface area contributed by atoms with Gasteiger partial charge in [0.1, 0.15) is 17.8 Å². The number of nitrogens with one attached hydrogen (secondary N) is 1. The smallest absolute Gasteiger partial charge is 0.319 e. The van der Waals surface area contributed by atoms with E-state index in [0.717, 1.165) is 0 Å². The van der Waals surface area contributed by atoms with Crippen LogP contribution >= 0.6 is 11.6 Å². The molecule has 0 saturated carbocycles. The molecule has 6 nitrogen and oxygen atoms in total. The molecule has 1 N–H and O–H groups in total. The summed E-state index contributed by atoms with van der Waals surface area (Å²) in [7, 11) is 1.30. The number of halogens is 2. The van der Waals surface area contributed by atoms with Gasteiger partial charge in [-0.1, -0.05) is 23.7 Å². The highest BCUT2D eigenvalue weighted by Crippen LogP contribution is 2.32. The number of anilines is 1. The first-order chi connectivity index (χ1) is 13.3. The van der Waals surface area contributed by atoms with Crippen LogP contribution in [0.15, 0.2) is 53.6 Å². The normalized spacial score (nSPS) is 18.6. The molecule has 0 saturated heterocycles. The molecule has 0 aliphatic carbocycles. The van der Waals surface area contributed by atoms with Crippen molar-refractivity contribution in [1.29, 1.82) is 0 Å². The molecule has 0 bridgehead atoms. The van der Waals surface area contributed by atoms with Gasteiger partial charge in [0, 0.05) is 10.7 Å². The number of carbonyl (C=O) groups excluding carboxylic acids is 2. The van der Waals surface area contributed by atoms with Gasteiger partial charge in [-0.3, -0.25) is 14.6 Å². The van der Waals surface area contributed by atoms with Crippen LogP contribution in [0.1, 0.15) is 12.5 Å². The zero-order valence-corrected chi connectivity index (χ0v) is 16.2. The zero-order chi connectivity index (χ0) is 20.3. The van der Waals surface area contributed by atoms with Gasteiger partial charge < -0.3 is 10.1 Å². The molecular weight excluding hydrogens is 385 g/mol. The minimum absolute atomic E-state index is 0.0556. The van der Waals surface area contributed by atoms with Gasteiger partial charge in [-0.2, -0.15) is 5.10 Å². The number of nitrogens with zero attached hydrogens (tertiary/aromatic N) is 2. The fraction of sp³-hybridized carbons (Fsp3) is 0.250. The van der Waals surface area contributed by atoms with Crippen LogP contribution in [0, 0.1) is 11.2 Å². The first kappa shape index (κ1) is 19.8. The first-order valence-corrected chi connectivity index (χ1v) is 8.93. The Morgan fingerprint density at radius 2 is 1.86 bits per heavy atom. The van der Waals surface area contributed by atoms with Gasteiger partial charge >= 0.3 is 5.97 Å². The monoisotopic (exact) mass is 403 g/mol. The van der Waals surface area contributed by atoms with Crippen molar-refractivity contribution in [3.05, 3.63) is 64.9 Å². The van der Waals surface area contributed by atoms with Gasteiger partial charge in [0.05, 0.1) is 19.4 Å². The summed E-state index contributed by atoms with van der Waals surface area (Å²) in [4.78, 5) is 24.8. The molecule has 1 atom stereocenters. The fourth-order valence-electron chi connectivity index (χ4n) is 3.09. The highest BCUT2D eigenvalue weighted by Gasteiger charge is 2.47. The van der Waals surface area contributed by atoms with Crippen LogP contribution in [-0.2, 0) is 14.3 Å². The third-order valence-corrected chi connectivity index (χ3v) is 4.72. The van der Waals surface area contributed by atoms with Crippen molar-refractivity contribution in [2.24, 2.45) is 10.5 Å². The van der Waals surface area contributed by atoms with Crippen LogP contribution < -0.4 is 5.32 Å². The molecular formula is C20H19ClFN3O3. The van der Waals surface area contributed by atoms with Crippen LogP contribution in [0.5, 0.6) is 0 Å². The Hall–Kier alpha value is -2.93. The Morgan fingerprint density at radius 1 is 1.21 bits per heavy atom. The van der Waals surface area contributed by atoms with E-state index in [-0.39, 0.29) is 24.8 Å². The van der Waals surface area contributed by atoms with E-state index in [2.05, 4.69) is 10.4 Å². The number of carbonyl (C=O) groups is 2. The van der Waals surface area contributed by atoms with Gasteiger partial charge in [-0.25, -0.2) is 4.39 Å². The topological polar surface area (TPSA) is 71.0 Å². The van der Waals surface area contributed by atoms with Crippen LogP contribution in [0.2, 0.25) is 5.02 Å². The van der Waals surface area contributed by atoms with Crippen molar-refractivity contribution >= 4 is 34.9 Å². The highest BCUT2D eigenvalue weighted by molar-refractivity contribution is 6.30. The summed E-state index contributed by atoms with van der Waals surface area (Å²) in [6, 6.07) is 12.4. The average Bonchev–Trinajstić information content (AvgIpc) is 3.00. The summed E-state index contributed by atoms with van der Waals surface area (Å²) in [6.45, 7) is 1.80. The molecule has 1 unspecified atom stereocenters. The van der Waals surface area contributed by atoms with Crippen molar-refractivity contribution in [3.63, 3.8) is 0 Å². The minimum atomic E-state index is -1.08. The third kappa shape index (κ3) is 4.14. The summed E-state index contributed by atoms with van der Waals surface area (Å²) in [5.74, 6) is -1.16. The number of hydrazone groups is 1. The van der Waals surface area contributed by atoms with E-state index in [1.807, 2.05) is 0 Å². The molecule has 1 amide bonds. The SMILES string of the molecule is COC(=O)C1(C)CN(CC(=O)Nc2ccc(Cl)cc2)N=C1c1ccc(F)cc1. The molecule has 1 aliphatic rings. The highest BCUT2D eigenvalue weighted by atomic mass is 35.5. The Labute approximate surface area is 166 Å². The second kappa shape index (κ2) is 7.98. The third-order valence-electron chi connectivity index (χ3n) is 4.47. The van der Waals surface area contributed by atoms with Crippen molar-refractivity contribution < 1.29 is 18.7 Å². The molecule has 1 heterocycles. The number of rotatable bonds is 5. The van der Waals surface area contributed by atoms with E-state index in [9.17, 15) is 14.0 Å². The Balaban J connectivity index is 1.79. The lowest BCUT2D eigenvalue weighted by atomic mass is 9.82. The minimum Gasteiger partial charge on any atom is -0.468 e. The molecule has 0 aromatic heterocycles. The van der Waals surface area contributed by atoms with E-state index < -0.39 is 11.4 Å². The van der Waals surface area contributed by atoms with Crippen LogP contribution in [-0.4, -0.2) is 42.8 Å². The second-order valence-electron chi connectivity index (χ2n) is 6.66. The predicted molar refractivity (Wildman–Crippen MR) is 105 cm³/mol. The summed E-state index contributed by atoms with van der Waals surface area (Å²) in [5.41, 5.74) is 0.549. The largest absolute Gasteiger partial charge is 0.468 e. The lowest BCUT2D eigenvalue weighted by Gasteiger charge is -2.23. The summed E-state index contributed by atoms with van der Waals surface area (Å²) in [6.07, 6.45) is 0. The van der Waals surface area contributed by atoms with Crippen LogP contribution in [0.4, 0.5) is 10.1 Å². The van der Waals surface area contributed by atoms with Crippen LogP contribution in [0.25, 0.3) is 0 Å². The number of hydrogen-bond acceptors (Lipinski definition) is 5. The number of esters is 1. The van der Waals surface area contributed by atoms with E-state index >= 15 is 0 Å². The lowest BCUT2D eigenvalue weighted by molar-refractivity contribution is -0.148. The zero-order valence-electron chi connectivity index (χ0n) is 15.4. The molecule has 2 aromatic carbocycles. The van der Waals surface area contributed by atoms with Gasteiger partial charge in [-0.15, -0.1) is 0 Å². The molecule has 146 valence electrons. The van der Waals surface area contributed by atoms with Gasteiger partial charge in [0.15, 0.2) is 0 Å². The molecule has 0 spiro atoms. The molecule has 28 heavy (non-hydrogen) atoms. The summed E-state index contributed by atoms with van der Waals surface area (Å²) < 4.78 is 18.2. The van der Waals surface area contributed by atoms with Gasteiger partial charge in [-0.05, 0) is 48.9 Å². The molecule has 3 rings (SSSR count). The van der Waals surface area contributed by atoms with Gasteiger partial charge in [0.25, 0.3) is 0 Å². The summed E-state index contributed by atoms with van der Waals surface area (Å²) >= 11 is 5.84. The lowest BCUT2D eigenvalue weighted by Crippen LogP contribution is -2.41. The van der Waals surface area contributed by atoms with E-state index in [4.69, 9.17) is 16.3 Å². The molecule has 1 aliphatic heterocycles. The van der Waals surface area contributed by atoms with Crippen molar-refractivity contribution in [2.75, 3.05) is 25.5 Å². The molecule has 8 heteroatoms. The molecule has 2 aromatic rings. The number of methoxy groups -OCH3 is 1. The Kier molecular flexibility index (Phi) is 5.65. The van der Waals surface area contributed by atoms with Crippen LogP contribution in [0.3, 0.4) is 0 Å². The number of ether oxygens (including phenoxy) is 1. The number of hydrogen-bond donors (Lipinski definition) is 1. The Morgan fingerprint density at radius 3 is 2.46 bits per heavy atom. The fourth-order valence-corrected chi connectivity index (χ4v) is 3.21. The standard InChI is InChI=1S/C20H19ClFN3O3/c1-20(19(27)28-2)12-25(24-18(20)13-3-7-15(22)8-4-13)11-17(26)23-16-9-5-14(21)6-10-16/h3-10H,11-12H2,1-2H3,(H,23,26). The molecule has 0 radical (unpaired) electrons. The summed E-state index contributed by atoms with van der Waals surface area (Å²) in [5, 5.41) is 9.28. The van der Waals surface area contributed by atoms with E-state index in [1.165, 1.54) is 24.3 Å². The number of amides is 1. The maximum Gasteiger partial charge on any atom is 0.319 e. The quantitative estimate of drug-likeness (QED) is 0.777. The maximum atomic E-state index is 13.3. The van der Waals surface area contributed by atoms with Crippen molar-refractivity contribution in [2.45, 2.75) is 6.92 Å². The van der Waals surface area contributed by atoms with Crippen molar-refractivity contribution in [1.82, 2.24) is 5.01 Å². The van der Waals surface area contributed by atoms with E-state index in [0.29, 0.717) is 22.0 Å². The number of benzene rings is 2. The molecule has 0 fully saturated rings. The average molecular weight is 404 g/mol. The van der Waals surface area contributed by atoms with Gasteiger partial charge in [0.2, 0.25) is 5.91 Å². The Bertz CT molecular complexity index is 915. The predicted octanol–water partition coefficient (Wildman–Crippen LogP) is 3.32. The van der Waals surface area contributed by atoms with E-state index in [1.54, 1.807) is 43.3 Å². The first-order valence-electron chi connectivity index (χ1n) is 8.55.